The van der Waals surface area contributed by atoms with Crippen molar-refractivity contribution < 1.29 is 14.3 Å². The molecule has 0 unspecified atom stereocenters. The van der Waals surface area contributed by atoms with E-state index in [1.807, 2.05) is 18.2 Å². The number of methoxy groups -OCH3 is 2. The quantitative estimate of drug-likeness (QED) is 0.545. The van der Waals surface area contributed by atoms with Gasteiger partial charge >= 0.3 is 0 Å². The first-order valence-electron chi connectivity index (χ1n) is 4.50. The Labute approximate surface area is 88.5 Å². The molecule has 0 aliphatic rings. The Morgan fingerprint density at radius 3 is 2.80 bits per heavy atom. The highest BCUT2D eigenvalue weighted by molar-refractivity contribution is 5.38. The summed E-state index contributed by atoms with van der Waals surface area (Å²) < 4.78 is 10.2. The minimum Gasteiger partial charge on any atom is -0.496 e. The van der Waals surface area contributed by atoms with Gasteiger partial charge in [-0.2, -0.15) is 0 Å². The molecule has 0 atom stereocenters. The second-order valence-corrected chi connectivity index (χ2v) is 2.99. The molecule has 15 heavy (non-hydrogen) atoms. The van der Waals surface area contributed by atoms with E-state index in [4.69, 9.17) is 9.47 Å². The molecule has 0 saturated carbocycles. The van der Waals surface area contributed by atoms with Crippen molar-refractivity contribution in [2.45, 2.75) is 13.2 Å². The summed E-state index contributed by atoms with van der Waals surface area (Å²) in [5.41, 5.74) is 1.88. The molecule has 0 saturated heterocycles. The first-order valence-corrected chi connectivity index (χ1v) is 4.50. The topological polar surface area (TPSA) is 47.9 Å². The number of isocyanates is 1. The third-order valence-corrected chi connectivity index (χ3v) is 1.97. The number of aliphatic imine (C=N–C) groups is 1. The van der Waals surface area contributed by atoms with Crippen LogP contribution in [0.3, 0.4) is 0 Å². The fourth-order valence-corrected chi connectivity index (χ4v) is 1.32. The summed E-state index contributed by atoms with van der Waals surface area (Å²) in [5, 5.41) is 0. The second-order valence-electron chi connectivity index (χ2n) is 2.99. The van der Waals surface area contributed by atoms with Crippen LogP contribution >= 0.6 is 0 Å². The Morgan fingerprint density at radius 2 is 2.20 bits per heavy atom. The van der Waals surface area contributed by atoms with Gasteiger partial charge in [-0.25, -0.2) is 9.79 Å². The maximum atomic E-state index is 9.97. The van der Waals surface area contributed by atoms with Crippen molar-refractivity contribution in [3.05, 3.63) is 29.3 Å². The molecule has 0 amide bonds. The Kier molecular flexibility index (Phi) is 4.54. The van der Waals surface area contributed by atoms with E-state index in [2.05, 4.69) is 4.99 Å². The molecule has 4 nitrogen and oxygen atoms in total. The Morgan fingerprint density at radius 1 is 1.40 bits per heavy atom. The van der Waals surface area contributed by atoms with Crippen molar-refractivity contribution in [2.24, 2.45) is 4.99 Å². The molecule has 0 radical (unpaired) electrons. The van der Waals surface area contributed by atoms with Crippen LogP contribution in [0.25, 0.3) is 0 Å². The van der Waals surface area contributed by atoms with E-state index in [9.17, 15) is 4.79 Å². The van der Waals surface area contributed by atoms with Gasteiger partial charge in [-0.3, -0.25) is 0 Å². The van der Waals surface area contributed by atoms with Gasteiger partial charge in [0.25, 0.3) is 0 Å². The number of nitrogens with zero attached hydrogens (tertiary/aromatic N) is 1. The van der Waals surface area contributed by atoms with Crippen molar-refractivity contribution in [1.29, 1.82) is 0 Å². The molecule has 1 rings (SSSR count). The Hall–Kier alpha value is -1.64. The summed E-state index contributed by atoms with van der Waals surface area (Å²) in [5.74, 6) is 0.774. The molecule has 80 valence electrons. The predicted octanol–water partition coefficient (Wildman–Crippen LogP) is 1.68. The van der Waals surface area contributed by atoms with Gasteiger partial charge in [0, 0.05) is 12.7 Å². The second kappa shape index (κ2) is 5.96. The summed E-state index contributed by atoms with van der Waals surface area (Å²) in [6.07, 6.45) is 1.51. The lowest BCUT2D eigenvalue weighted by Gasteiger charge is -2.08. The zero-order valence-corrected chi connectivity index (χ0v) is 8.82. The SMILES string of the molecule is COCc1cc(CN=C=O)ccc1OC. The third-order valence-electron chi connectivity index (χ3n) is 1.97. The molecule has 1 aromatic rings. The summed E-state index contributed by atoms with van der Waals surface area (Å²) in [6, 6.07) is 5.60. The summed E-state index contributed by atoms with van der Waals surface area (Å²) in [7, 11) is 3.23. The van der Waals surface area contributed by atoms with Gasteiger partial charge in [0.05, 0.1) is 20.3 Å². The molecular formula is C11H13NO3. The van der Waals surface area contributed by atoms with Gasteiger partial charge in [0.1, 0.15) is 5.75 Å². The van der Waals surface area contributed by atoms with Crippen molar-refractivity contribution in [3.63, 3.8) is 0 Å². The minimum atomic E-state index is 0.338. The van der Waals surface area contributed by atoms with E-state index in [1.165, 1.54) is 6.08 Å². The molecule has 0 spiro atoms. The molecule has 4 heteroatoms. The highest BCUT2D eigenvalue weighted by Gasteiger charge is 2.03. The smallest absolute Gasteiger partial charge is 0.235 e. The van der Waals surface area contributed by atoms with Gasteiger partial charge in [-0.05, 0) is 17.7 Å². The summed E-state index contributed by atoms with van der Waals surface area (Å²) in [6.45, 7) is 0.812. The fraction of sp³-hybridized carbons (Fsp3) is 0.364. The number of benzene rings is 1. The average molecular weight is 207 g/mol. The van der Waals surface area contributed by atoms with Crippen molar-refractivity contribution in [2.75, 3.05) is 14.2 Å². The zero-order valence-electron chi connectivity index (χ0n) is 8.82. The highest BCUT2D eigenvalue weighted by Crippen LogP contribution is 2.20. The monoisotopic (exact) mass is 207 g/mol. The molecule has 0 aliphatic heterocycles. The zero-order chi connectivity index (χ0) is 11.1. The van der Waals surface area contributed by atoms with Crippen LogP contribution in [-0.2, 0) is 22.7 Å². The maximum Gasteiger partial charge on any atom is 0.235 e. The van der Waals surface area contributed by atoms with E-state index < -0.39 is 0 Å². The summed E-state index contributed by atoms with van der Waals surface area (Å²) >= 11 is 0. The maximum absolute atomic E-state index is 9.97. The normalized spacial score (nSPS) is 9.47. The largest absolute Gasteiger partial charge is 0.496 e. The molecule has 0 heterocycles. The van der Waals surface area contributed by atoms with Crippen LogP contribution in [0.2, 0.25) is 0 Å². The Bertz CT molecular complexity index is 370. The Balaban J connectivity index is 2.92. The lowest BCUT2D eigenvalue weighted by molar-refractivity contribution is 0.181. The molecule has 0 fully saturated rings. The number of carbonyl (C=O) groups excluding carboxylic acids is 1. The fourth-order valence-electron chi connectivity index (χ4n) is 1.32. The van der Waals surface area contributed by atoms with E-state index in [1.54, 1.807) is 14.2 Å². The molecule has 1 aromatic carbocycles. The first-order chi connectivity index (χ1) is 7.31. The lowest BCUT2D eigenvalue weighted by Crippen LogP contribution is -1.95. The minimum absolute atomic E-state index is 0.338. The van der Waals surface area contributed by atoms with Crippen LogP contribution in [0, 0.1) is 0 Å². The lowest BCUT2D eigenvalue weighted by atomic mass is 10.1. The predicted molar refractivity (Wildman–Crippen MR) is 55.5 cm³/mol. The first kappa shape index (κ1) is 11.4. The van der Waals surface area contributed by atoms with E-state index in [-0.39, 0.29) is 0 Å². The van der Waals surface area contributed by atoms with Gasteiger partial charge in [0.2, 0.25) is 6.08 Å². The number of hydrogen-bond acceptors (Lipinski definition) is 4. The van der Waals surface area contributed by atoms with E-state index in [0.29, 0.717) is 13.2 Å². The van der Waals surface area contributed by atoms with Gasteiger partial charge in [-0.15, -0.1) is 0 Å². The number of ether oxygens (including phenoxy) is 2. The standard InChI is InChI=1S/C11H13NO3/c1-14-7-10-5-9(6-12-8-13)3-4-11(10)15-2/h3-5H,6-7H2,1-2H3. The molecule has 0 aromatic heterocycles. The van der Waals surface area contributed by atoms with E-state index >= 15 is 0 Å². The highest BCUT2D eigenvalue weighted by atomic mass is 16.5. The molecule has 0 N–H and O–H groups in total. The van der Waals surface area contributed by atoms with Crippen molar-refractivity contribution in [3.8, 4) is 5.75 Å². The van der Waals surface area contributed by atoms with Crippen LogP contribution < -0.4 is 4.74 Å². The van der Waals surface area contributed by atoms with Crippen LogP contribution in [0.4, 0.5) is 0 Å². The van der Waals surface area contributed by atoms with E-state index in [0.717, 1.165) is 16.9 Å². The van der Waals surface area contributed by atoms with Crippen LogP contribution in [-0.4, -0.2) is 20.3 Å². The number of rotatable bonds is 5. The third kappa shape index (κ3) is 3.20. The summed E-state index contributed by atoms with van der Waals surface area (Å²) in [4.78, 5) is 13.5. The van der Waals surface area contributed by atoms with Crippen LogP contribution in [0.5, 0.6) is 5.75 Å². The molecular weight excluding hydrogens is 194 g/mol. The van der Waals surface area contributed by atoms with Crippen molar-refractivity contribution >= 4 is 6.08 Å². The molecule has 0 bridgehead atoms. The van der Waals surface area contributed by atoms with Crippen molar-refractivity contribution in [1.82, 2.24) is 0 Å². The number of hydrogen-bond donors (Lipinski definition) is 0. The average Bonchev–Trinajstić information content (AvgIpc) is 2.27. The van der Waals surface area contributed by atoms with Gasteiger partial charge < -0.3 is 9.47 Å². The van der Waals surface area contributed by atoms with Gasteiger partial charge in [-0.1, -0.05) is 6.07 Å². The molecule has 0 aliphatic carbocycles. The van der Waals surface area contributed by atoms with Crippen LogP contribution in [0.1, 0.15) is 11.1 Å². The van der Waals surface area contributed by atoms with Gasteiger partial charge in [0.15, 0.2) is 0 Å². The van der Waals surface area contributed by atoms with Crippen LogP contribution in [0.15, 0.2) is 23.2 Å².